The molecule has 7 nitrogen and oxygen atoms in total. The molecule has 138 valence electrons. The summed E-state index contributed by atoms with van der Waals surface area (Å²) in [4.78, 5) is 26.3. The molecule has 7 heteroatoms. The van der Waals surface area contributed by atoms with Gasteiger partial charge in [0.1, 0.15) is 6.54 Å². The van der Waals surface area contributed by atoms with Crippen LogP contribution in [0.1, 0.15) is 23.2 Å². The second-order valence-corrected chi connectivity index (χ2v) is 7.48. The zero-order chi connectivity index (χ0) is 18.4. The fourth-order valence-electron chi connectivity index (χ4n) is 4.43. The van der Waals surface area contributed by atoms with Crippen molar-refractivity contribution in [3.63, 3.8) is 0 Å². The zero-order valence-electron chi connectivity index (χ0n) is 14.4. The van der Waals surface area contributed by atoms with E-state index < -0.39 is 18.1 Å². The molecule has 1 aromatic carbocycles. The van der Waals surface area contributed by atoms with Crippen LogP contribution in [0.5, 0.6) is 0 Å². The predicted molar refractivity (Wildman–Crippen MR) is 95.3 cm³/mol. The summed E-state index contributed by atoms with van der Waals surface area (Å²) in [5, 5.41) is 20.5. The van der Waals surface area contributed by atoms with Crippen molar-refractivity contribution in [1.82, 2.24) is 9.47 Å². The number of primary amides is 1. The Bertz CT molecular complexity index is 844. The highest BCUT2D eigenvalue weighted by Crippen LogP contribution is 2.36. The molecule has 4 atom stereocenters. The van der Waals surface area contributed by atoms with Crippen LogP contribution in [0.2, 0.25) is 0 Å². The second-order valence-electron chi connectivity index (χ2n) is 7.48. The van der Waals surface area contributed by atoms with Crippen molar-refractivity contribution in [2.75, 3.05) is 13.1 Å². The third kappa shape index (κ3) is 2.87. The minimum Gasteiger partial charge on any atom is -0.390 e. The quantitative estimate of drug-likeness (QED) is 0.735. The van der Waals surface area contributed by atoms with E-state index in [1.54, 1.807) is 15.7 Å². The summed E-state index contributed by atoms with van der Waals surface area (Å²) >= 11 is 0. The van der Waals surface area contributed by atoms with Crippen LogP contribution in [-0.4, -0.2) is 56.8 Å². The number of fused-ring (bicyclic) bond motifs is 2. The SMILES string of the molecule is NC(=O)c1cn(CC(=O)N2C[C@H]3C[C@H](O)[C@H](O)C[C@H]3C2)c2ccccc12. The smallest absolute Gasteiger partial charge is 0.250 e. The zero-order valence-corrected chi connectivity index (χ0v) is 14.4. The maximum atomic E-state index is 12.8. The van der Waals surface area contributed by atoms with Crippen LogP contribution in [0.15, 0.2) is 30.5 Å². The van der Waals surface area contributed by atoms with E-state index in [2.05, 4.69) is 0 Å². The van der Waals surface area contributed by atoms with Crippen molar-refractivity contribution in [2.24, 2.45) is 17.6 Å². The van der Waals surface area contributed by atoms with E-state index in [9.17, 15) is 19.8 Å². The maximum absolute atomic E-state index is 12.8. The Morgan fingerprint density at radius 2 is 1.69 bits per heavy atom. The van der Waals surface area contributed by atoms with Gasteiger partial charge in [-0.1, -0.05) is 18.2 Å². The lowest BCUT2D eigenvalue weighted by Gasteiger charge is -2.31. The molecule has 2 aliphatic rings. The lowest BCUT2D eigenvalue weighted by molar-refractivity contribution is -0.131. The van der Waals surface area contributed by atoms with Gasteiger partial charge < -0.3 is 25.4 Å². The van der Waals surface area contributed by atoms with Crippen molar-refractivity contribution < 1.29 is 19.8 Å². The highest BCUT2D eigenvalue weighted by molar-refractivity contribution is 6.06. The summed E-state index contributed by atoms with van der Waals surface area (Å²) in [6, 6.07) is 7.39. The van der Waals surface area contributed by atoms with E-state index in [1.807, 2.05) is 24.3 Å². The van der Waals surface area contributed by atoms with Crippen LogP contribution < -0.4 is 5.73 Å². The Balaban J connectivity index is 1.53. The summed E-state index contributed by atoms with van der Waals surface area (Å²) in [6.45, 7) is 1.35. The molecule has 26 heavy (non-hydrogen) atoms. The number of para-hydroxylation sites is 1. The van der Waals surface area contributed by atoms with Crippen LogP contribution >= 0.6 is 0 Å². The van der Waals surface area contributed by atoms with Gasteiger partial charge in [-0.05, 0) is 30.7 Å². The molecule has 2 amide bonds. The molecule has 1 aromatic heterocycles. The van der Waals surface area contributed by atoms with Crippen LogP contribution in [0.3, 0.4) is 0 Å². The average molecular weight is 357 g/mol. The number of nitrogens with zero attached hydrogens (tertiary/aromatic N) is 2. The Hall–Kier alpha value is -2.38. The molecule has 1 aliphatic carbocycles. The van der Waals surface area contributed by atoms with Gasteiger partial charge in [0.05, 0.1) is 17.8 Å². The van der Waals surface area contributed by atoms with E-state index >= 15 is 0 Å². The number of nitrogens with two attached hydrogens (primary N) is 1. The number of likely N-dealkylation sites (tertiary alicyclic amines) is 1. The van der Waals surface area contributed by atoms with Crippen LogP contribution in [-0.2, 0) is 11.3 Å². The van der Waals surface area contributed by atoms with Gasteiger partial charge in [0, 0.05) is 30.2 Å². The molecular weight excluding hydrogens is 334 g/mol. The molecule has 4 rings (SSSR count). The molecular formula is C19H23N3O4. The number of carbonyl (C=O) groups excluding carboxylic acids is 2. The van der Waals surface area contributed by atoms with Crippen molar-refractivity contribution in [1.29, 1.82) is 0 Å². The number of benzene rings is 1. The van der Waals surface area contributed by atoms with Gasteiger partial charge in [-0.15, -0.1) is 0 Å². The molecule has 0 radical (unpaired) electrons. The fraction of sp³-hybridized carbons (Fsp3) is 0.474. The van der Waals surface area contributed by atoms with Crippen LogP contribution in [0.25, 0.3) is 10.9 Å². The monoisotopic (exact) mass is 357 g/mol. The number of rotatable bonds is 3. The first-order chi connectivity index (χ1) is 12.4. The number of carbonyl (C=O) groups is 2. The topological polar surface area (TPSA) is 109 Å². The molecule has 1 saturated heterocycles. The minimum atomic E-state index is -0.696. The summed E-state index contributed by atoms with van der Waals surface area (Å²) in [6.07, 6.45) is 1.32. The van der Waals surface area contributed by atoms with Gasteiger partial charge >= 0.3 is 0 Å². The second kappa shape index (κ2) is 6.41. The van der Waals surface area contributed by atoms with Crippen molar-refractivity contribution in [3.05, 3.63) is 36.0 Å². The molecule has 0 spiro atoms. The van der Waals surface area contributed by atoms with Crippen molar-refractivity contribution in [2.45, 2.75) is 31.6 Å². The summed E-state index contributed by atoms with van der Waals surface area (Å²) in [7, 11) is 0. The van der Waals surface area contributed by atoms with Crippen LogP contribution in [0, 0.1) is 11.8 Å². The van der Waals surface area contributed by atoms with Crippen molar-refractivity contribution >= 4 is 22.7 Å². The average Bonchev–Trinajstić information content (AvgIpc) is 3.17. The molecule has 1 saturated carbocycles. The first kappa shape index (κ1) is 17.1. The van der Waals surface area contributed by atoms with Gasteiger partial charge in [0.2, 0.25) is 5.91 Å². The number of hydrogen-bond donors (Lipinski definition) is 3. The van der Waals surface area contributed by atoms with E-state index in [0.717, 1.165) is 10.9 Å². The highest BCUT2D eigenvalue weighted by atomic mass is 16.3. The van der Waals surface area contributed by atoms with Gasteiger partial charge in [-0.2, -0.15) is 0 Å². The Morgan fingerprint density at radius 3 is 2.31 bits per heavy atom. The lowest BCUT2D eigenvalue weighted by atomic mass is 9.79. The van der Waals surface area contributed by atoms with Gasteiger partial charge in [0.15, 0.2) is 0 Å². The first-order valence-electron chi connectivity index (χ1n) is 8.95. The number of amides is 2. The molecule has 4 N–H and O–H groups in total. The van der Waals surface area contributed by atoms with Gasteiger partial charge in [0.25, 0.3) is 5.91 Å². The maximum Gasteiger partial charge on any atom is 0.250 e. The molecule has 2 aromatic rings. The number of hydrogen-bond acceptors (Lipinski definition) is 4. The molecule has 2 heterocycles. The van der Waals surface area contributed by atoms with E-state index in [-0.39, 0.29) is 24.3 Å². The third-order valence-electron chi connectivity index (χ3n) is 5.82. The number of aliphatic hydroxyl groups excluding tert-OH is 2. The number of aromatic nitrogens is 1. The molecule has 2 fully saturated rings. The van der Waals surface area contributed by atoms with E-state index in [1.165, 1.54) is 0 Å². The fourth-order valence-corrected chi connectivity index (χ4v) is 4.43. The van der Waals surface area contributed by atoms with E-state index in [4.69, 9.17) is 5.73 Å². The van der Waals surface area contributed by atoms with Gasteiger partial charge in [-0.3, -0.25) is 9.59 Å². The first-order valence-corrected chi connectivity index (χ1v) is 8.95. The normalized spacial score (nSPS) is 28.3. The largest absolute Gasteiger partial charge is 0.390 e. The Labute approximate surface area is 151 Å². The lowest BCUT2D eigenvalue weighted by Crippen LogP contribution is -2.38. The summed E-state index contributed by atoms with van der Waals surface area (Å²) < 4.78 is 1.77. The minimum absolute atomic E-state index is 0.0276. The number of aliphatic hydroxyl groups is 2. The predicted octanol–water partition coefficient (Wildman–Crippen LogP) is 0.330. The summed E-state index contributed by atoms with van der Waals surface area (Å²) in [5.74, 6) is -0.0670. The van der Waals surface area contributed by atoms with Crippen molar-refractivity contribution in [3.8, 4) is 0 Å². The third-order valence-corrected chi connectivity index (χ3v) is 5.82. The van der Waals surface area contributed by atoms with Gasteiger partial charge in [-0.25, -0.2) is 0 Å². The highest BCUT2D eigenvalue weighted by Gasteiger charge is 2.42. The Morgan fingerprint density at radius 1 is 1.08 bits per heavy atom. The molecule has 0 unspecified atom stereocenters. The molecule has 0 bridgehead atoms. The summed E-state index contributed by atoms with van der Waals surface area (Å²) in [5.41, 5.74) is 6.67. The standard InChI is InChI=1S/C19H23N3O4/c20-19(26)14-9-21(15-4-2-1-3-13(14)15)10-18(25)22-7-11-5-16(23)17(24)6-12(11)8-22/h1-4,9,11-12,16-17,23-24H,5-8,10H2,(H2,20,26)/t11-,12+,16+,17-. The molecule has 1 aliphatic heterocycles. The van der Waals surface area contributed by atoms with Crippen LogP contribution in [0.4, 0.5) is 0 Å². The van der Waals surface area contributed by atoms with E-state index in [0.29, 0.717) is 31.5 Å². The Kier molecular flexibility index (Phi) is 4.20.